The van der Waals surface area contributed by atoms with E-state index in [9.17, 15) is 19.5 Å². The van der Waals surface area contributed by atoms with E-state index in [1.54, 1.807) is 0 Å². The van der Waals surface area contributed by atoms with Crippen LogP contribution in [0.25, 0.3) is 0 Å². The van der Waals surface area contributed by atoms with Crippen LogP contribution < -0.4 is 11.1 Å². The van der Waals surface area contributed by atoms with Gasteiger partial charge < -0.3 is 21.3 Å². The van der Waals surface area contributed by atoms with Gasteiger partial charge >= 0.3 is 11.9 Å². The Morgan fingerprint density at radius 3 is 1.42 bits per heavy atom. The number of carboxylic acid groups (broad SMARTS) is 2. The van der Waals surface area contributed by atoms with Crippen LogP contribution in [0.3, 0.4) is 0 Å². The lowest BCUT2D eigenvalue weighted by atomic mass is 10.0. The topological polar surface area (TPSA) is 130 Å². The minimum absolute atomic E-state index is 0.165. The van der Waals surface area contributed by atoms with Crippen molar-refractivity contribution in [3.63, 3.8) is 0 Å². The molecule has 7 nitrogen and oxygen atoms in total. The number of amides is 1. The molecule has 0 aromatic carbocycles. The minimum atomic E-state index is -0.971. The summed E-state index contributed by atoms with van der Waals surface area (Å²) >= 11 is 0. The number of unbranched alkanes of at least 4 members (excludes halogenated alkanes) is 14. The summed E-state index contributed by atoms with van der Waals surface area (Å²) < 4.78 is 0. The van der Waals surface area contributed by atoms with Crippen LogP contribution >= 0.6 is 0 Å². The molecule has 0 aliphatic heterocycles. The Morgan fingerprint density at radius 2 is 1.03 bits per heavy atom. The number of hydrogen-bond acceptors (Lipinski definition) is 4. The summed E-state index contributed by atoms with van der Waals surface area (Å²) in [5.41, 5.74) is 5.42. The highest BCUT2D eigenvalue weighted by Gasteiger charge is 2.18. The number of aliphatic carboxylic acids is 2. The molecule has 7 heteroatoms. The SMILES string of the molecule is NCCCC[C@H](NC(=O)CCCCCCCCCCCCCCCCC(=O)O)C(=O)O. The molecule has 0 aromatic heterocycles. The van der Waals surface area contributed by atoms with Crippen molar-refractivity contribution in [2.75, 3.05) is 6.54 Å². The molecule has 0 rings (SSSR count). The predicted molar refractivity (Wildman–Crippen MR) is 124 cm³/mol. The summed E-state index contributed by atoms with van der Waals surface area (Å²) in [5, 5.41) is 20.4. The zero-order valence-electron chi connectivity index (χ0n) is 19.4. The van der Waals surface area contributed by atoms with E-state index in [0.29, 0.717) is 32.2 Å². The molecular weight excluding hydrogens is 396 g/mol. The van der Waals surface area contributed by atoms with Gasteiger partial charge in [0.15, 0.2) is 0 Å². The van der Waals surface area contributed by atoms with E-state index in [4.69, 9.17) is 10.8 Å². The Labute approximate surface area is 188 Å². The number of nitrogens with two attached hydrogens (primary N) is 1. The van der Waals surface area contributed by atoms with Crippen molar-refractivity contribution in [1.29, 1.82) is 0 Å². The molecule has 0 spiro atoms. The van der Waals surface area contributed by atoms with Crippen molar-refractivity contribution in [2.45, 2.75) is 128 Å². The standard InChI is InChI=1S/C24H46N2O5/c25-20-16-15-17-21(24(30)31)26-22(27)18-13-11-9-7-5-3-1-2-4-6-8-10-12-14-19-23(28)29/h21H,1-20,25H2,(H,26,27)(H,28,29)(H,30,31)/t21-/m0/s1. The van der Waals surface area contributed by atoms with Crippen molar-refractivity contribution >= 4 is 17.8 Å². The van der Waals surface area contributed by atoms with Gasteiger partial charge in [0.05, 0.1) is 0 Å². The van der Waals surface area contributed by atoms with E-state index < -0.39 is 18.0 Å². The lowest BCUT2D eigenvalue weighted by Gasteiger charge is -2.14. The lowest BCUT2D eigenvalue weighted by molar-refractivity contribution is -0.142. The molecule has 0 heterocycles. The van der Waals surface area contributed by atoms with Gasteiger partial charge in [-0.2, -0.15) is 0 Å². The van der Waals surface area contributed by atoms with E-state index >= 15 is 0 Å². The van der Waals surface area contributed by atoms with Crippen molar-refractivity contribution < 1.29 is 24.6 Å². The second kappa shape index (κ2) is 21.6. The van der Waals surface area contributed by atoms with Gasteiger partial charge in [0.2, 0.25) is 5.91 Å². The number of carbonyl (C=O) groups is 3. The number of carbonyl (C=O) groups excluding carboxylic acids is 1. The lowest BCUT2D eigenvalue weighted by Crippen LogP contribution is -2.40. The summed E-state index contributed by atoms with van der Waals surface area (Å²) in [6.07, 6.45) is 18.6. The van der Waals surface area contributed by atoms with Crippen LogP contribution in [0, 0.1) is 0 Å². The maximum atomic E-state index is 11.9. The monoisotopic (exact) mass is 442 g/mol. The number of carboxylic acids is 2. The minimum Gasteiger partial charge on any atom is -0.481 e. The molecule has 0 aliphatic rings. The Kier molecular flexibility index (Phi) is 20.5. The first-order valence-electron chi connectivity index (χ1n) is 12.4. The van der Waals surface area contributed by atoms with Gasteiger partial charge in [0.25, 0.3) is 0 Å². The Morgan fingerprint density at radius 1 is 0.613 bits per heavy atom. The summed E-state index contributed by atoms with van der Waals surface area (Å²) in [6.45, 7) is 0.540. The highest BCUT2D eigenvalue weighted by Crippen LogP contribution is 2.14. The average molecular weight is 443 g/mol. The number of hydrogen-bond donors (Lipinski definition) is 4. The quantitative estimate of drug-likeness (QED) is 0.165. The van der Waals surface area contributed by atoms with Crippen LogP contribution in [0.1, 0.15) is 122 Å². The molecule has 31 heavy (non-hydrogen) atoms. The molecule has 0 aromatic rings. The molecule has 0 aliphatic carbocycles. The first-order chi connectivity index (χ1) is 15.0. The third-order valence-electron chi connectivity index (χ3n) is 5.62. The van der Waals surface area contributed by atoms with E-state index in [0.717, 1.165) is 44.9 Å². The summed E-state index contributed by atoms with van der Waals surface area (Å²) in [6, 6.07) is -0.795. The van der Waals surface area contributed by atoms with Gasteiger partial charge in [-0.05, 0) is 38.6 Å². The second-order valence-electron chi connectivity index (χ2n) is 8.59. The van der Waals surface area contributed by atoms with Crippen LogP contribution in [-0.4, -0.2) is 40.6 Å². The smallest absolute Gasteiger partial charge is 0.326 e. The van der Waals surface area contributed by atoms with Crippen molar-refractivity contribution in [2.24, 2.45) is 5.73 Å². The zero-order chi connectivity index (χ0) is 23.2. The maximum absolute atomic E-state index is 11.9. The fraction of sp³-hybridized carbons (Fsp3) is 0.875. The first kappa shape index (κ1) is 29.4. The van der Waals surface area contributed by atoms with Gasteiger partial charge in [0, 0.05) is 12.8 Å². The Hall–Kier alpha value is -1.63. The van der Waals surface area contributed by atoms with Gasteiger partial charge in [-0.3, -0.25) is 9.59 Å². The molecule has 0 bridgehead atoms. The van der Waals surface area contributed by atoms with Crippen molar-refractivity contribution in [1.82, 2.24) is 5.32 Å². The zero-order valence-corrected chi connectivity index (χ0v) is 19.4. The molecule has 0 fully saturated rings. The second-order valence-corrected chi connectivity index (χ2v) is 8.59. The molecule has 5 N–H and O–H groups in total. The van der Waals surface area contributed by atoms with Crippen LogP contribution in [0.4, 0.5) is 0 Å². The van der Waals surface area contributed by atoms with Crippen LogP contribution in [0.5, 0.6) is 0 Å². The normalized spacial score (nSPS) is 11.9. The third kappa shape index (κ3) is 21.4. The third-order valence-corrected chi connectivity index (χ3v) is 5.62. The van der Waals surface area contributed by atoms with Gasteiger partial charge in [-0.15, -0.1) is 0 Å². The highest BCUT2D eigenvalue weighted by atomic mass is 16.4. The first-order valence-corrected chi connectivity index (χ1v) is 12.4. The molecule has 1 atom stereocenters. The van der Waals surface area contributed by atoms with Gasteiger partial charge in [-0.1, -0.05) is 77.0 Å². The molecule has 0 unspecified atom stereocenters. The molecule has 0 saturated carbocycles. The Bertz CT molecular complexity index is 471. The molecule has 0 saturated heterocycles. The maximum Gasteiger partial charge on any atom is 0.326 e. The van der Waals surface area contributed by atoms with Crippen molar-refractivity contribution in [3.8, 4) is 0 Å². The summed E-state index contributed by atoms with van der Waals surface area (Å²) in [4.78, 5) is 33.5. The van der Waals surface area contributed by atoms with Crippen molar-refractivity contribution in [3.05, 3.63) is 0 Å². The fourth-order valence-electron chi connectivity index (χ4n) is 3.70. The molecule has 0 radical (unpaired) electrons. The summed E-state index contributed by atoms with van der Waals surface area (Å²) in [5.74, 6) is -1.83. The number of nitrogens with one attached hydrogen (secondary N) is 1. The van der Waals surface area contributed by atoms with Crippen LogP contribution in [-0.2, 0) is 14.4 Å². The highest BCUT2D eigenvalue weighted by molar-refractivity contribution is 5.83. The van der Waals surface area contributed by atoms with E-state index in [1.165, 1.54) is 51.4 Å². The van der Waals surface area contributed by atoms with Crippen LogP contribution in [0.15, 0.2) is 0 Å². The Balaban J connectivity index is 3.40. The summed E-state index contributed by atoms with van der Waals surface area (Å²) in [7, 11) is 0. The average Bonchev–Trinajstić information content (AvgIpc) is 2.72. The van der Waals surface area contributed by atoms with Gasteiger partial charge in [0.1, 0.15) is 6.04 Å². The van der Waals surface area contributed by atoms with Gasteiger partial charge in [-0.25, -0.2) is 4.79 Å². The van der Waals surface area contributed by atoms with E-state index in [2.05, 4.69) is 5.32 Å². The fourth-order valence-corrected chi connectivity index (χ4v) is 3.70. The van der Waals surface area contributed by atoms with E-state index in [-0.39, 0.29) is 5.91 Å². The number of rotatable bonds is 23. The molecular formula is C24H46N2O5. The molecule has 182 valence electrons. The van der Waals surface area contributed by atoms with Crippen LogP contribution in [0.2, 0.25) is 0 Å². The largest absolute Gasteiger partial charge is 0.481 e. The molecule has 1 amide bonds. The van der Waals surface area contributed by atoms with E-state index in [1.807, 2.05) is 0 Å². The predicted octanol–water partition coefficient (Wildman–Crippen LogP) is 5.01.